The molecule has 1 amide bonds. The quantitative estimate of drug-likeness (QED) is 0.696. The largest absolute Gasteiger partial charge is 0.368 e. The minimum atomic E-state index is -0.0482. The molecule has 0 aromatic carbocycles. The molecule has 1 aromatic rings. The van der Waals surface area contributed by atoms with Gasteiger partial charge in [-0.2, -0.15) is 0 Å². The maximum Gasteiger partial charge on any atom is 0.255 e. The predicted octanol–water partition coefficient (Wildman–Crippen LogP) is 1.53. The van der Waals surface area contributed by atoms with Crippen molar-refractivity contribution in [2.45, 2.75) is 26.2 Å². The molecular formula is C12H17N3O. The van der Waals surface area contributed by atoms with Gasteiger partial charge in [0.25, 0.3) is 5.91 Å². The van der Waals surface area contributed by atoms with Gasteiger partial charge in [0.2, 0.25) is 0 Å². The van der Waals surface area contributed by atoms with Crippen LogP contribution in [0.1, 0.15) is 36.8 Å². The van der Waals surface area contributed by atoms with Crippen LogP contribution in [0.2, 0.25) is 0 Å². The summed E-state index contributed by atoms with van der Waals surface area (Å²) in [7, 11) is 0. The molecule has 4 heteroatoms. The van der Waals surface area contributed by atoms with Crippen LogP contribution in [0.15, 0.2) is 12.1 Å². The van der Waals surface area contributed by atoms with Crippen LogP contribution in [0.5, 0.6) is 0 Å². The van der Waals surface area contributed by atoms with Gasteiger partial charge < -0.3 is 10.6 Å². The zero-order chi connectivity index (χ0) is 11.8. The Morgan fingerprint density at radius 2 is 1.88 bits per heavy atom. The molecule has 0 atom stereocenters. The molecule has 1 aliphatic rings. The predicted molar refractivity (Wildman–Crippen MR) is 63.8 cm³/mol. The Kier molecular flexibility index (Phi) is 2.58. The number of pyridine rings is 1. The highest BCUT2D eigenvalue weighted by atomic mass is 16.1. The number of carbonyl (C=O) groups excluding carboxylic acids is 1. The SMILES string of the molecule is CC(C)(C)c1ccc2c(n1)NCCNC2=O. The number of nitrogens with one attached hydrogen (secondary N) is 2. The summed E-state index contributed by atoms with van der Waals surface area (Å²) in [5.74, 6) is 0.649. The number of rotatable bonds is 0. The highest BCUT2D eigenvalue weighted by Gasteiger charge is 2.20. The van der Waals surface area contributed by atoms with Gasteiger partial charge in [0.15, 0.2) is 0 Å². The summed E-state index contributed by atoms with van der Waals surface area (Å²) in [5, 5.41) is 5.99. The minimum absolute atomic E-state index is 0.000505. The van der Waals surface area contributed by atoms with Crippen molar-refractivity contribution >= 4 is 11.7 Å². The van der Waals surface area contributed by atoms with E-state index in [1.54, 1.807) is 0 Å². The van der Waals surface area contributed by atoms with Crippen LogP contribution < -0.4 is 10.6 Å². The van der Waals surface area contributed by atoms with E-state index in [0.717, 1.165) is 12.2 Å². The smallest absolute Gasteiger partial charge is 0.255 e. The van der Waals surface area contributed by atoms with E-state index in [0.29, 0.717) is 17.9 Å². The van der Waals surface area contributed by atoms with Crippen LogP contribution in [-0.2, 0) is 5.41 Å². The first kappa shape index (κ1) is 10.9. The molecule has 1 aromatic heterocycles. The summed E-state index contributed by atoms with van der Waals surface area (Å²) in [4.78, 5) is 16.2. The lowest BCUT2D eigenvalue weighted by Gasteiger charge is -2.19. The van der Waals surface area contributed by atoms with Gasteiger partial charge in [-0.25, -0.2) is 4.98 Å². The fourth-order valence-electron chi connectivity index (χ4n) is 1.65. The normalized spacial score (nSPS) is 15.8. The standard InChI is InChI=1S/C12H17N3O/c1-12(2,3)9-5-4-8-10(15-9)13-6-7-14-11(8)16/h4-5H,6-7H2,1-3H3,(H,13,15)(H,14,16). The molecule has 16 heavy (non-hydrogen) atoms. The molecule has 0 saturated heterocycles. The third-order valence-electron chi connectivity index (χ3n) is 2.61. The summed E-state index contributed by atoms with van der Waals surface area (Å²) in [6, 6.07) is 3.77. The van der Waals surface area contributed by atoms with E-state index in [4.69, 9.17) is 0 Å². The highest BCUT2D eigenvalue weighted by Crippen LogP contribution is 2.24. The third-order valence-corrected chi connectivity index (χ3v) is 2.61. The van der Waals surface area contributed by atoms with Crippen molar-refractivity contribution in [3.8, 4) is 0 Å². The Bertz CT molecular complexity index is 421. The number of aromatic nitrogens is 1. The monoisotopic (exact) mass is 219 g/mol. The van der Waals surface area contributed by atoms with E-state index in [9.17, 15) is 4.79 Å². The molecule has 86 valence electrons. The van der Waals surface area contributed by atoms with Crippen molar-refractivity contribution in [3.63, 3.8) is 0 Å². The summed E-state index contributed by atoms with van der Waals surface area (Å²) < 4.78 is 0. The number of carbonyl (C=O) groups is 1. The number of fused-ring (bicyclic) bond motifs is 1. The Balaban J connectivity index is 2.45. The fourth-order valence-corrected chi connectivity index (χ4v) is 1.65. The van der Waals surface area contributed by atoms with Crippen molar-refractivity contribution < 1.29 is 4.79 Å². The second-order valence-electron chi connectivity index (χ2n) is 5.03. The molecule has 0 spiro atoms. The first-order valence-corrected chi connectivity index (χ1v) is 5.52. The molecule has 2 N–H and O–H groups in total. The molecule has 1 aliphatic heterocycles. The van der Waals surface area contributed by atoms with E-state index < -0.39 is 0 Å². The number of nitrogens with zero attached hydrogens (tertiary/aromatic N) is 1. The van der Waals surface area contributed by atoms with Crippen LogP contribution >= 0.6 is 0 Å². The van der Waals surface area contributed by atoms with E-state index in [1.807, 2.05) is 12.1 Å². The molecule has 2 rings (SSSR count). The molecule has 0 radical (unpaired) electrons. The fraction of sp³-hybridized carbons (Fsp3) is 0.500. The van der Waals surface area contributed by atoms with Crippen LogP contribution in [0, 0.1) is 0 Å². The van der Waals surface area contributed by atoms with Gasteiger partial charge in [0, 0.05) is 24.2 Å². The molecule has 4 nitrogen and oxygen atoms in total. The Labute approximate surface area is 95.5 Å². The van der Waals surface area contributed by atoms with Crippen LogP contribution in [0.4, 0.5) is 5.82 Å². The van der Waals surface area contributed by atoms with Gasteiger partial charge in [-0.05, 0) is 12.1 Å². The first-order valence-electron chi connectivity index (χ1n) is 5.52. The van der Waals surface area contributed by atoms with Gasteiger partial charge in [0.1, 0.15) is 5.82 Å². The van der Waals surface area contributed by atoms with Crippen molar-refractivity contribution in [2.75, 3.05) is 18.4 Å². The van der Waals surface area contributed by atoms with E-state index in [1.165, 1.54) is 0 Å². The number of hydrogen-bond donors (Lipinski definition) is 2. The van der Waals surface area contributed by atoms with E-state index in [-0.39, 0.29) is 11.3 Å². The molecule has 0 unspecified atom stereocenters. The molecule has 0 bridgehead atoms. The van der Waals surface area contributed by atoms with Gasteiger partial charge in [-0.1, -0.05) is 20.8 Å². The van der Waals surface area contributed by atoms with E-state index >= 15 is 0 Å². The summed E-state index contributed by atoms with van der Waals surface area (Å²) >= 11 is 0. The Hall–Kier alpha value is -1.58. The maximum atomic E-state index is 11.7. The Morgan fingerprint density at radius 1 is 1.19 bits per heavy atom. The average molecular weight is 219 g/mol. The van der Waals surface area contributed by atoms with Crippen LogP contribution in [0.25, 0.3) is 0 Å². The average Bonchev–Trinajstić information content (AvgIpc) is 2.39. The summed E-state index contributed by atoms with van der Waals surface area (Å²) in [6.07, 6.45) is 0. The van der Waals surface area contributed by atoms with Gasteiger partial charge in [-0.3, -0.25) is 4.79 Å². The van der Waals surface area contributed by atoms with E-state index in [2.05, 4.69) is 36.4 Å². The lowest BCUT2D eigenvalue weighted by molar-refractivity contribution is 0.0957. The number of amides is 1. The Morgan fingerprint density at radius 3 is 2.56 bits per heavy atom. The van der Waals surface area contributed by atoms with Crippen molar-refractivity contribution in [1.82, 2.24) is 10.3 Å². The highest BCUT2D eigenvalue weighted by molar-refractivity contribution is 5.99. The second-order valence-corrected chi connectivity index (χ2v) is 5.03. The summed E-state index contributed by atoms with van der Waals surface area (Å²) in [6.45, 7) is 7.69. The topological polar surface area (TPSA) is 54.0 Å². The van der Waals surface area contributed by atoms with Crippen molar-refractivity contribution in [1.29, 1.82) is 0 Å². The molecular weight excluding hydrogens is 202 g/mol. The molecule has 0 fully saturated rings. The summed E-state index contributed by atoms with van der Waals surface area (Å²) in [5.41, 5.74) is 1.62. The molecule has 0 saturated carbocycles. The number of anilines is 1. The lowest BCUT2D eigenvalue weighted by Crippen LogP contribution is -2.24. The molecule has 2 heterocycles. The van der Waals surface area contributed by atoms with Crippen LogP contribution in [0.3, 0.4) is 0 Å². The second kappa shape index (κ2) is 3.77. The van der Waals surface area contributed by atoms with Gasteiger partial charge in [0.05, 0.1) is 5.56 Å². The molecule has 0 aliphatic carbocycles. The van der Waals surface area contributed by atoms with Crippen molar-refractivity contribution in [2.24, 2.45) is 0 Å². The number of hydrogen-bond acceptors (Lipinski definition) is 3. The third kappa shape index (κ3) is 2.01. The zero-order valence-electron chi connectivity index (χ0n) is 9.92. The van der Waals surface area contributed by atoms with Crippen LogP contribution in [-0.4, -0.2) is 24.0 Å². The first-order chi connectivity index (χ1) is 7.48. The van der Waals surface area contributed by atoms with Crippen molar-refractivity contribution in [3.05, 3.63) is 23.4 Å². The zero-order valence-corrected chi connectivity index (χ0v) is 9.92. The van der Waals surface area contributed by atoms with Gasteiger partial charge in [-0.15, -0.1) is 0 Å². The van der Waals surface area contributed by atoms with Gasteiger partial charge >= 0.3 is 0 Å². The minimum Gasteiger partial charge on any atom is -0.368 e. The maximum absolute atomic E-state index is 11.7. The lowest BCUT2D eigenvalue weighted by atomic mass is 9.91.